The van der Waals surface area contributed by atoms with E-state index >= 15 is 0 Å². The zero-order chi connectivity index (χ0) is 19.0. The molecule has 2 aromatic heterocycles. The van der Waals surface area contributed by atoms with Crippen LogP contribution < -0.4 is 0 Å². The van der Waals surface area contributed by atoms with Crippen molar-refractivity contribution >= 4 is 34.4 Å². The molecule has 2 amide bonds. The highest BCUT2D eigenvalue weighted by molar-refractivity contribution is 6.31. The second-order valence-electron chi connectivity index (χ2n) is 6.73. The summed E-state index contributed by atoms with van der Waals surface area (Å²) >= 11 is 6.00. The highest BCUT2D eigenvalue weighted by Gasteiger charge is 2.25. The number of aromatic amines is 1. The number of fused-ring (bicyclic) bond motifs is 1. The standard InChI is InChI=1S/C19H20ClN5O2/c1-23-11-14(20)10-17(23)19(27)25-6-2-5-24(7-8-25)18(26)13-3-4-15-16(9-13)22-12-21-15/h3-4,9-12H,2,5-8H2,1H3,(H,21,22). The van der Waals surface area contributed by atoms with Crippen LogP contribution in [0.2, 0.25) is 5.02 Å². The molecular formula is C19H20ClN5O2. The quantitative estimate of drug-likeness (QED) is 0.736. The Morgan fingerprint density at radius 2 is 1.81 bits per heavy atom. The van der Waals surface area contributed by atoms with Gasteiger partial charge in [0.25, 0.3) is 11.8 Å². The van der Waals surface area contributed by atoms with Crippen molar-refractivity contribution in [3.8, 4) is 0 Å². The van der Waals surface area contributed by atoms with Gasteiger partial charge in [0, 0.05) is 45.0 Å². The monoisotopic (exact) mass is 385 g/mol. The molecular weight excluding hydrogens is 366 g/mol. The predicted octanol–water partition coefficient (Wildman–Crippen LogP) is 2.54. The van der Waals surface area contributed by atoms with Gasteiger partial charge in [-0.3, -0.25) is 9.59 Å². The molecule has 7 nitrogen and oxygen atoms in total. The molecule has 0 saturated carbocycles. The number of carbonyl (C=O) groups excluding carboxylic acids is 2. The second-order valence-corrected chi connectivity index (χ2v) is 7.16. The molecule has 1 N–H and O–H groups in total. The maximum atomic E-state index is 12.9. The number of aromatic nitrogens is 3. The summed E-state index contributed by atoms with van der Waals surface area (Å²) < 4.78 is 1.73. The number of carbonyl (C=O) groups is 2. The average Bonchev–Trinajstić information content (AvgIpc) is 3.17. The summed E-state index contributed by atoms with van der Waals surface area (Å²) in [6.45, 7) is 2.24. The Kier molecular flexibility index (Phi) is 4.61. The van der Waals surface area contributed by atoms with Crippen LogP contribution in [0.25, 0.3) is 11.0 Å². The molecule has 3 aromatic rings. The number of amides is 2. The van der Waals surface area contributed by atoms with E-state index in [2.05, 4.69) is 9.97 Å². The van der Waals surface area contributed by atoms with Crippen molar-refractivity contribution in [1.82, 2.24) is 24.3 Å². The maximum absolute atomic E-state index is 12.9. The highest BCUT2D eigenvalue weighted by Crippen LogP contribution is 2.18. The zero-order valence-corrected chi connectivity index (χ0v) is 15.7. The lowest BCUT2D eigenvalue weighted by molar-refractivity contribution is 0.0713. The van der Waals surface area contributed by atoms with Crippen LogP contribution in [-0.4, -0.2) is 62.3 Å². The van der Waals surface area contributed by atoms with Gasteiger partial charge >= 0.3 is 0 Å². The fraction of sp³-hybridized carbons (Fsp3) is 0.316. The van der Waals surface area contributed by atoms with E-state index in [0.717, 1.165) is 17.5 Å². The van der Waals surface area contributed by atoms with Gasteiger partial charge in [-0.05, 0) is 30.7 Å². The van der Waals surface area contributed by atoms with Gasteiger partial charge in [-0.2, -0.15) is 0 Å². The fourth-order valence-corrected chi connectivity index (χ4v) is 3.72. The Labute approximate surface area is 161 Å². The van der Waals surface area contributed by atoms with Gasteiger partial charge in [0.2, 0.25) is 0 Å². The summed E-state index contributed by atoms with van der Waals surface area (Å²) in [6.07, 6.45) is 4.07. The molecule has 0 radical (unpaired) electrons. The maximum Gasteiger partial charge on any atom is 0.270 e. The highest BCUT2D eigenvalue weighted by atomic mass is 35.5. The first-order chi connectivity index (χ1) is 13.0. The Hall–Kier alpha value is -2.80. The van der Waals surface area contributed by atoms with Crippen LogP contribution in [0.5, 0.6) is 0 Å². The largest absolute Gasteiger partial charge is 0.345 e. The van der Waals surface area contributed by atoms with Crippen molar-refractivity contribution < 1.29 is 9.59 Å². The van der Waals surface area contributed by atoms with Gasteiger partial charge in [0.15, 0.2) is 0 Å². The van der Waals surface area contributed by atoms with Crippen LogP contribution in [0.15, 0.2) is 36.8 Å². The number of imidazole rings is 1. The molecule has 0 bridgehead atoms. The van der Waals surface area contributed by atoms with Crippen LogP contribution in [0.3, 0.4) is 0 Å². The molecule has 3 heterocycles. The minimum atomic E-state index is -0.0578. The van der Waals surface area contributed by atoms with E-state index in [1.165, 1.54) is 0 Å². The number of benzene rings is 1. The third-order valence-corrected chi connectivity index (χ3v) is 5.13. The molecule has 1 saturated heterocycles. The number of aryl methyl sites for hydroxylation is 1. The first-order valence-electron chi connectivity index (χ1n) is 8.86. The van der Waals surface area contributed by atoms with Gasteiger partial charge in [-0.15, -0.1) is 0 Å². The smallest absolute Gasteiger partial charge is 0.270 e. The summed E-state index contributed by atoms with van der Waals surface area (Å²) in [5.74, 6) is -0.0831. The number of rotatable bonds is 2. The van der Waals surface area contributed by atoms with E-state index in [1.807, 2.05) is 17.0 Å². The normalized spacial score (nSPS) is 15.2. The Balaban J connectivity index is 1.47. The van der Waals surface area contributed by atoms with E-state index < -0.39 is 0 Å². The van der Waals surface area contributed by atoms with Gasteiger partial charge in [0.1, 0.15) is 5.69 Å². The van der Waals surface area contributed by atoms with E-state index in [9.17, 15) is 9.59 Å². The molecule has 1 aliphatic heterocycles. The van der Waals surface area contributed by atoms with Crippen LogP contribution in [-0.2, 0) is 7.05 Å². The molecule has 0 aliphatic carbocycles. The zero-order valence-electron chi connectivity index (χ0n) is 15.0. The Morgan fingerprint density at radius 3 is 2.52 bits per heavy atom. The number of H-pyrrole nitrogens is 1. The molecule has 4 rings (SSSR count). The molecule has 27 heavy (non-hydrogen) atoms. The first-order valence-corrected chi connectivity index (χ1v) is 9.24. The summed E-state index contributed by atoms with van der Waals surface area (Å²) in [6, 6.07) is 7.14. The van der Waals surface area contributed by atoms with Crippen LogP contribution in [0.1, 0.15) is 27.3 Å². The molecule has 0 unspecified atom stereocenters. The fourth-order valence-electron chi connectivity index (χ4n) is 3.47. The van der Waals surface area contributed by atoms with Crippen molar-refractivity contribution in [2.75, 3.05) is 26.2 Å². The number of hydrogen-bond acceptors (Lipinski definition) is 3. The van der Waals surface area contributed by atoms with Gasteiger partial charge < -0.3 is 19.4 Å². The van der Waals surface area contributed by atoms with Crippen LogP contribution >= 0.6 is 11.6 Å². The lowest BCUT2D eigenvalue weighted by Gasteiger charge is -2.22. The average molecular weight is 386 g/mol. The molecule has 1 aromatic carbocycles. The molecule has 0 atom stereocenters. The van der Waals surface area contributed by atoms with Gasteiger partial charge in [-0.1, -0.05) is 11.6 Å². The number of nitrogens with zero attached hydrogens (tertiary/aromatic N) is 4. The van der Waals surface area contributed by atoms with Crippen molar-refractivity contribution in [1.29, 1.82) is 0 Å². The lowest BCUT2D eigenvalue weighted by atomic mass is 10.1. The number of halogens is 1. The third-order valence-electron chi connectivity index (χ3n) is 4.93. The summed E-state index contributed by atoms with van der Waals surface area (Å²) in [4.78, 5) is 36.5. The summed E-state index contributed by atoms with van der Waals surface area (Å²) in [5.41, 5.74) is 2.86. The van der Waals surface area contributed by atoms with E-state index in [0.29, 0.717) is 42.5 Å². The topological polar surface area (TPSA) is 74.2 Å². The van der Waals surface area contributed by atoms with Crippen LogP contribution in [0.4, 0.5) is 0 Å². The summed E-state index contributed by atoms with van der Waals surface area (Å²) in [7, 11) is 1.80. The molecule has 140 valence electrons. The van der Waals surface area contributed by atoms with Gasteiger partial charge in [-0.25, -0.2) is 4.98 Å². The minimum absolute atomic E-state index is 0.0253. The number of nitrogens with one attached hydrogen (secondary N) is 1. The van der Waals surface area contributed by atoms with E-state index in [1.54, 1.807) is 41.2 Å². The predicted molar refractivity (Wildman–Crippen MR) is 103 cm³/mol. The van der Waals surface area contributed by atoms with Crippen molar-refractivity contribution in [2.24, 2.45) is 7.05 Å². The lowest BCUT2D eigenvalue weighted by Crippen LogP contribution is -2.37. The molecule has 1 aliphatic rings. The summed E-state index contributed by atoms with van der Waals surface area (Å²) in [5, 5.41) is 0.543. The van der Waals surface area contributed by atoms with E-state index in [-0.39, 0.29) is 11.8 Å². The molecule has 0 spiro atoms. The minimum Gasteiger partial charge on any atom is -0.345 e. The SMILES string of the molecule is Cn1cc(Cl)cc1C(=O)N1CCCN(C(=O)c2ccc3nc[nH]c3c2)CC1. The van der Waals surface area contributed by atoms with E-state index in [4.69, 9.17) is 11.6 Å². The third kappa shape index (κ3) is 3.42. The van der Waals surface area contributed by atoms with Crippen molar-refractivity contribution in [3.63, 3.8) is 0 Å². The van der Waals surface area contributed by atoms with Crippen molar-refractivity contribution in [2.45, 2.75) is 6.42 Å². The van der Waals surface area contributed by atoms with Crippen molar-refractivity contribution in [3.05, 3.63) is 53.1 Å². The first kappa shape index (κ1) is 17.6. The Morgan fingerprint density at radius 1 is 1.07 bits per heavy atom. The second kappa shape index (κ2) is 7.08. The Bertz CT molecular complexity index is 1010. The van der Waals surface area contributed by atoms with Crippen LogP contribution in [0, 0.1) is 0 Å². The molecule has 8 heteroatoms. The van der Waals surface area contributed by atoms with Gasteiger partial charge in [0.05, 0.1) is 22.4 Å². The number of hydrogen-bond donors (Lipinski definition) is 1. The molecule has 1 fully saturated rings.